The lowest BCUT2D eigenvalue weighted by Gasteiger charge is -2.38. The predicted octanol–water partition coefficient (Wildman–Crippen LogP) is 2.35. The van der Waals surface area contributed by atoms with Gasteiger partial charge in [0.2, 0.25) is 5.75 Å². The van der Waals surface area contributed by atoms with Crippen LogP contribution in [0.2, 0.25) is 0 Å². The molecular weight excluding hydrogens is 432 g/mol. The van der Waals surface area contributed by atoms with E-state index in [1.54, 1.807) is 33.5 Å². The second-order valence-corrected chi connectivity index (χ2v) is 8.00. The van der Waals surface area contributed by atoms with E-state index in [2.05, 4.69) is 4.90 Å². The second-order valence-electron chi connectivity index (χ2n) is 8.00. The minimum Gasteiger partial charge on any atom is -0.493 e. The van der Waals surface area contributed by atoms with Gasteiger partial charge < -0.3 is 34.2 Å². The second kappa shape index (κ2) is 12.9. The standard InChI is InChI=1S/C21H32N2O4.C2H2O4/c1-25-18-14-16(15-19(26-2)20(18)27-3)21(24)23-12-8-17(9-13-23)22-10-6-4-5-7-11-22;3-1(4)2(5)6/h14-15,17H,4-13H2,1-3H3;(H,3,4)(H,5,6). The van der Waals surface area contributed by atoms with Crippen molar-refractivity contribution in [3.8, 4) is 17.2 Å². The van der Waals surface area contributed by atoms with E-state index in [1.165, 1.54) is 38.8 Å². The molecule has 0 aromatic heterocycles. The first-order valence-electron chi connectivity index (χ1n) is 11.1. The van der Waals surface area contributed by atoms with E-state index in [0.29, 0.717) is 28.9 Å². The molecule has 0 atom stereocenters. The van der Waals surface area contributed by atoms with Crippen molar-refractivity contribution in [3.63, 3.8) is 0 Å². The fraction of sp³-hybridized carbons (Fsp3) is 0.609. The van der Waals surface area contributed by atoms with Crippen LogP contribution < -0.4 is 14.2 Å². The van der Waals surface area contributed by atoms with Crippen molar-refractivity contribution >= 4 is 17.8 Å². The van der Waals surface area contributed by atoms with Crippen molar-refractivity contribution in [1.82, 2.24) is 9.80 Å². The molecule has 10 heteroatoms. The molecule has 3 rings (SSSR count). The fourth-order valence-electron chi connectivity index (χ4n) is 4.28. The number of amides is 1. The van der Waals surface area contributed by atoms with Crippen molar-refractivity contribution < 1.29 is 38.8 Å². The highest BCUT2D eigenvalue weighted by molar-refractivity contribution is 6.27. The number of carbonyl (C=O) groups is 3. The Morgan fingerprint density at radius 3 is 1.67 bits per heavy atom. The van der Waals surface area contributed by atoms with E-state index in [1.807, 2.05) is 4.90 Å². The van der Waals surface area contributed by atoms with Crippen LogP contribution in [0.4, 0.5) is 0 Å². The van der Waals surface area contributed by atoms with Crippen LogP contribution in [0.1, 0.15) is 48.9 Å². The number of benzene rings is 1. The summed E-state index contributed by atoms with van der Waals surface area (Å²) in [5, 5.41) is 14.8. The first kappa shape index (κ1) is 26.2. The number of aliphatic carboxylic acids is 2. The summed E-state index contributed by atoms with van der Waals surface area (Å²) in [7, 11) is 4.70. The minimum absolute atomic E-state index is 0.0311. The van der Waals surface area contributed by atoms with Gasteiger partial charge in [-0.2, -0.15) is 0 Å². The minimum atomic E-state index is -1.82. The average Bonchev–Trinajstić information content (AvgIpc) is 3.12. The monoisotopic (exact) mass is 466 g/mol. The van der Waals surface area contributed by atoms with Gasteiger partial charge in [-0.3, -0.25) is 4.79 Å². The van der Waals surface area contributed by atoms with Crippen LogP contribution in [0, 0.1) is 0 Å². The molecule has 1 aromatic rings. The summed E-state index contributed by atoms with van der Waals surface area (Å²) < 4.78 is 16.1. The molecule has 2 saturated heterocycles. The van der Waals surface area contributed by atoms with Crippen molar-refractivity contribution in [2.24, 2.45) is 0 Å². The lowest BCUT2D eigenvalue weighted by Crippen LogP contribution is -2.47. The highest BCUT2D eigenvalue weighted by atomic mass is 16.5. The van der Waals surface area contributed by atoms with Gasteiger partial charge in [0, 0.05) is 24.7 Å². The van der Waals surface area contributed by atoms with Gasteiger partial charge in [-0.05, 0) is 50.9 Å². The number of rotatable bonds is 5. The average molecular weight is 467 g/mol. The molecule has 0 radical (unpaired) electrons. The molecule has 2 fully saturated rings. The predicted molar refractivity (Wildman–Crippen MR) is 120 cm³/mol. The molecule has 0 saturated carbocycles. The molecule has 2 aliphatic heterocycles. The Bertz CT molecular complexity index is 776. The van der Waals surface area contributed by atoms with Crippen molar-refractivity contribution in [1.29, 1.82) is 0 Å². The van der Waals surface area contributed by atoms with Gasteiger partial charge >= 0.3 is 11.9 Å². The molecular formula is C23H34N2O8. The van der Waals surface area contributed by atoms with Crippen LogP contribution in [0.25, 0.3) is 0 Å². The third-order valence-corrected chi connectivity index (χ3v) is 6.00. The van der Waals surface area contributed by atoms with Gasteiger partial charge in [-0.15, -0.1) is 0 Å². The maximum Gasteiger partial charge on any atom is 0.414 e. The van der Waals surface area contributed by atoms with Crippen molar-refractivity contribution in [2.45, 2.75) is 44.6 Å². The molecule has 0 unspecified atom stereocenters. The molecule has 2 aliphatic rings. The maximum atomic E-state index is 13.0. The molecule has 0 spiro atoms. The third-order valence-electron chi connectivity index (χ3n) is 6.00. The van der Waals surface area contributed by atoms with Gasteiger partial charge in [0.25, 0.3) is 5.91 Å². The zero-order chi connectivity index (χ0) is 24.4. The van der Waals surface area contributed by atoms with Crippen LogP contribution in [0.5, 0.6) is 17.2 Å². The highest BCUT2D eigenvalue weighted by Crippen LogP contribution is 2.38. The third kappa shape index (κ3) is 7.24. The number of likely N-dealkylation sites (tertiary alicyclic amines) is 2. The Labute approximate surface area is 194 Å². The molecule has 10 nitrogen and oxygen atoms in total. The number of nitrogens with zero attached hydrogens (tertiary/aromatic N) is 2. The van der Waals surface area contributed by atoms with Crippen LogP contribution in [0.3, 0.4) is 0 Å². The Morgan fingerprint density at radius 1 is 0.788 bits per heavy atom. The summed E-state index contributed by atoms with van der Waals surface area (Å²) in [6.45, 7) is 4.03. The first-order chi connectivity index (χ1) is 15.8. The largest absolute Gasteiger partial charge is 0.493 e. The number of hydrogen-bond acceptors (Lipinski definition) is 7. The van der Waals surface area contributed by atoms with Gasteiger partial charge in [0.1, 0.15) is 0 Å². The zero-order valence-electron chi connectivity index (χ0n) is 19.5. The lowest BCUT2D eigenvalue weighted by atomic mass is 10.0. The molecule has 2 N–H and O–H groups in total. The normalized spacial score (nSPS) is 17.2. The van der Waals surface area contributed by atoms with Gasteiger partial charge in [0.05, 0.1) is 21.3 Å². The van der Waals surface area contributed by atoms with E-state index in [0.717, 1.165) is 25.9 Å². The number of carboxylic acid groups (broad SMARTS) is 2. The summed E-state index contributed by atoms with van der Waals surface area (Å²) in [6.07, 6.45) is 7.44. The molecule has 33 heavy (non-hydrogen) atoms. The smallest absolute Gasteiger partial charge is 0.414 e. The number of ether oxygens (including phenoxy) is 3. The highest BCUT2D eigenvalue weighted by Gasteiger charge is 2.28. The Kier molecular flexibility index (Phi) is 10.2. The van der Waals surface area contributed by atoms with Gasteiger partial charge in [0.15, 0.2) is 11.5 Å². The van der Waals surface area contributed by atoms with Crippen LogP contribution in [-0.2, 0) is 9.59 Å². The maximum absolute atomic E-state index is 13.0. The van der Waals surface area contributed by atoms with E-state index in [-0.39, 0.29) is 5.91 Å². The number of piperidine rings is 1. The van der Waals surface area contributed by atoms with Crippen LogP contribution in [-0.4, -0.2) is 91.4 Å². The summed E-state index contributed by atoms with van der Waals surface area (Å²) in [6, 6.07) is 4.10. The quantitative estimate of drug-likeness (QED) is 0.629. The number of hydrogen-bond donors (Lipinski definition) is 2. The molecule has 0 aliphatic carbocycles. The zero-order valence-corrected chi connectivity index (χ0v) is 19.5. The van der Waals surface area contributed by atoms with Crippen LogP contribution >= 0.6 is 0 Å². The summed E-state index contributed by atoms with van der Waals surface area (Å²) in [4.78, 5) is 35.8. The van der Waals surface area contributed by atoms with Crippen molar-refractivity contribution in [2.75, 3.05) is 47.5 Å². The van der Waals surface area contributed by atoms with E-state index < -0.39 is 11.9 Å². The number of carboxylic acids is 2. The lowest BCUT2D eigenvalue weighted by molar-refractivity contribution is -0.159. The Hall–Kier alpha value is -3.01. The van der Waals surface area contributed by atoms with E-state index >= 15 is 0 Å². The molecule has 0 bridgehead atoms. The SMILES string of the molecule is COc1cc(C(=O)N2CCC(N3CCCCCC3)CC2)cc(OC)c1OC.O=C(O)C(=O)O. The van der Waals surface area contributed by atoms with Crippen molar-refractivity contribution in [3.05, 3.63) is 17.7 Å². The van der Waals surface area contributed by atoms with Crippen LogP contribution in [0.15, 0.2) is 12.1 Å². The summed E-state index contributed by atoms with van der Waals surface area (Å²) in [5.74, 6) is -2.08. The summed E-state index contributed by atoms with van der Waals surface area (Å²) >= 11 is 0. The van der Waals surface area contributed by atoms with E-state index in [9.17, 15) is 4.79 Å². The molecule has 1 amide bonds. The number of carbonyl (C=O) groups excluding carboxylic acids is 1. The van der Waals surface area contributed by atoms with Gasteiger partial charge in [-0.1, -0.05) is 12.8 Å². The molecule has 184 valence electrons. The fourth-order valence-corrected chi connectivity index (χ4v) is 4.28. The Morgan fingerprint density at radius 2 is 1.27 bits per heavy atom. The molecule has 2 heterocycles. The summed E-state index contributed by atoms with van der Waals surface area (Å²) in [5.41, 5.74) is 0.581. The topological polar surface area (TPSA) is 126 Å². The number of methoxy groups -OCH3 is 3. The first-order valence-corrected chi connectivity index (χ1v) is 11.1. The molecule has 1 aromatic carbocycles. The van der Waals surface area contributed by atoms with E-state index in [4.69, 9.17) is 34.0 Å². The Balaban J connectivity index is 0.000000569. The van der Waals surface area contributed by atoms with Gasteiger partial charge in [-0.25, -0.2) is 9.59 Å².